The first kappa shape index (κ1) is 14.5. The summed E-state index contributed by atoms with van der Waals surface area (Å²) in [6, 6.07) is 15.4. The second kappa shape index (κ2) is 7.60. The number of thioether (sulfide) groups is 1. The van der Waals surface area contributed by atoms with Crippen LogP contribution in [0.3, 0.4) is 0 Å². The zero-order chi connectivity index (χ0) is 14.2. The van der Waals surface area contributed by atoms with Gasteiger partial charge in [-0.3, -0.25) is 4.79 Å². The number of carbonyl (C=O) groups excluding carboxylic acids is 1. The Morgan fingerprint density at radius 2 is 1.95 bits per heavy atom. The Hall–Kier alpha value is -1.94. The Labute approximate surface area is 122 Å². The van der Waals surface area contributed by atoms with E-state index in [4.69, 9.17) is 9.47 Å². The van der Waals surface area contributed by atoms with Crippen LogP contribution in [0.25, 0.3) is 0 Å². The lowest BCUT2D eigenvalue weighted by molar-refractivity contribution is 0.111. The Morgan fingerprint density at radius 1 is 1.15 bits per heavy atom. The van der Waals surface area contributed by atoms with E-state index >= 15 is 0 Å². The van der Waals surface area contributed by atoms with Gasteiger partial charge in [0.1, 0.15) is 11.5 Å². The summed E-state index contributed by atoms with van der Waals surface area (Å²) in [6.45, 7) is 0.548. The van der Waals surface area contributed by atoms with Crippen LogP contribution in [0.2, 0.25) is 0 Å². The third kappa shape index (κ3) is 4.03. The van der Waals surface area contributed by atoms with Crippen molar-refractivity contribution in [2.45, 2.75) is 4.90 Å². The molecule has 0 atom stereocenters. The maximum atomic E-state index is 11.0. The predicted molar refractivity (Wildman–Crippen MR) is 81.0 cm³/mol. The van der Waals surface area contributed by atoms with Crippen LogP contribution in [0.4, 0.5) is 0 Å². The monoisotopic (exact) mass is 288 g/mol. The summed E-state index contributed by atoms with van der Waals surface area (Å²) in [7, 11) is 1.57. The topological polar surface area (TPSA) is 35.5 Å². The van der Waals surface area contributed by atoms with Gasteiger partial charge in [0.25, 0.3) is 0 Å². The van der Waals surface area contributed by atoms with E-state index in [1.807, 2.05) is 18.2 Å². The van der Waals surface area contributed by atoms with Crippen molar-refractivity contribution in [3.8, 4) is 11.5 Å². The first-order chi connectivity index (χ1) is 9.83. The fourth-order valence-electron chi connectivity index (χ4n) is 1.70. The molecule has 3 nitrogen and oxygen atoms in total. The van der Waals surface area contributed by atoms with E-state index in [1.54, 1.807) is 37.1 Å². The highest BCUT2D eigenvalue weighted by atomic mass is 32.2. The molecular weight excluding hydrogens is 272 g/mol. The number of benzene rings is 2. The lowest BCUT2D eigenvalue weighted by Gasteiger charge is -2.09. The molecule has 0 spiro atoms. The number of aldehydes is 1. The molecule has 0 heterocycles. The van der Waals surface area contributed by atoms with Gasteiger partial charge in [-0.2, -0.15) is 0 Å². The first-order valence-corrected chi connectivity index (χ1v) is 7.26. The van der Waals surface area contributed by atoms with Gasteiger partial charge in [-0.05, 0) is 30.3 Å². The molecule has 104 valence electrons. The molecule has 0 aliphatic rings. The van der Waals surface area contributed by atoms with Crippen LogP contribution >= 0.6 is 11.8 Å². The summed E-state index contributed by atoms with van der Waals surface area (Å²) in [5, 5.41) is 0. The quantitative estimate of drug-likeness (QED) is 0.442. The van der Waals surface area contributed by atoms with E-state index in [1.165, 1.54) is 4.90 Å². The fraction of sp³-hybridized carbons (Fsp3) is 0.188. The number of ether oxygens (including phenoxy) is 2. The van der Waals surface area contributed by atoms with Crippen LogP contribution in [-0.2, 0) is 0 Å². The lowest BCUT2D eigenvalue weighted by Crippen LogP contribution is -2.02. The van der Waals surface area contributed by atoms with Gasteiger partial charge in [-0.1, -0.05) is 18.2 Å². The molecule has 0 radical (unpaired) electrons. The van der Waals surface area contributed by atoms with Gasteiger partial charge in [0.05, 0.1) is 19.3 Å². The second-order valence-electron chi connectivity index (χ2n) is 4.03. The summed E-state index contributed by atoms with van der Waals surface area (Å²) >= 11 is 1.72. The Kier molecular flexibility index (Phi) is 5.50. The van der Waals surface area contributed by atoms with Gasteiger partial charge in [0.2, 0.25) is 0 Å². The van der Waals surface area contributed by atoms with Crippen molar-refractivity contribution in [2.75, 3.05) is 19.5 Å². The highest BCUT2D eigenvalue weighted by molar-refractivity contribution is 7.99. The van der Waals surface area contributed by atoms with Crippen LogP contribution < -0.4 is 9.47 Å². The van der Waals surface area contributed by atoms with Gasteiger partial charge < -0.3 is 9.47 Å². The maximum absolute atomic E-state index is 11.0. The van der Waals surface area contributed by atoms with Gasteiger partial charge in [-0.15, -0.1) is 11.8 Å². The van der Waals surface area contributed by atoms with E-state index in [9.17, 15) is 4.79 Å². The molecule has 0 N–H and O–H groups in total. The standard InChI is InChI=1S/C16H16O3S/c1-18-14-7-8-16(13(11-14)12-17)19-9-10-20-15-5-3-2-4-6-15/h2-8,11-12H,9-10H2,1H3. The minimum atomic E-state index is 0.508. The first-order valence-electron chi connectivity index (χ1n) is 6.27. The van der Waals surface area contributed by atoms with Gasteiger partial charge >= 0.3 is 0 Å². The van der Waals surface area contributed by atoms with Crippen molar-refractivity contribution >= 4 is 18.0 Å². The summed E-state index contributed by atoms with van der Waals surface area (Å²) in [4.78, 5) is 12.2. The number of hydrogen-bond acceptors (Lipinski definition) is 4. The minimum absolute atomic E-state index is 0.508. The molecule has 0 bridgehead atoms. The molecule has 0 aliphatic heterocycles. The number of methoxy groups -OCH3 is 1. The SMILES string of the molecule is COc1ccc(OCCSc2ccccc2)c(C=O)c1. The minimum Gasteiger partial charge on any atom is -0.497 e. The third-order valence-electron chi connectivity index (χ3n) is 2.70. The summed E-state index contributed by atoms with van der Waals surface area (Å²) in [5.41, 5.74) is 0.508. The molecule has 0 amide bonds. The van der Waals surface area contributed by atoms with Crippen LogP contribution in [0, 0.1) is 0 Å². The third-order valence-corrected chi connectivity index (χ3v) is 3.67. The molecule has 0 aromatic heterocycles. The van der Waals surface area contributed by atoms with Crippen LogP contribution in [-0.4, -0.2) is 25.8 Å². The molecule has 0 fully saturated rings. The Morgan fingerprint density at radius 3 is 2.65 bits per heavy atom. The van der Waals surface area contributed by atoms with Gasteiger partial charge in [0.15, 0.2) is 6.29 Å². The number of hydrogen-bond donors (Lipinski definition) is 0. The van der Waals surface area contributed by atoms with Crippen molar-refractivity contribution in [2.24, 2.45) is 0 Å². The van der Waals surface area contributed by atoms with Crippen LogP contribution in [0.15, 0.2) is 53.4 Å². The highest BCUT2D eigenvalue weighted by Crippen LogP contribution is 2.23. The molecule has 0 saturated heterocycles. The molecule has 2 rings (SSSR count). The van der Waals surface area contributed by atoms with Crippen molar-refractivity contribution in [1.82, 2.24) is 0 Å². The smallest absolute Gasteiger partial charge is 0.153 e. The average molecular weight is 288 g/mol. The van der Waals surface area contributed by atoms with Crippen molar-refractivity contribution in [3.63, 3.8) is 0 Å². The zero-order valence-electron chi connectivity index (χ0n) is 11.2. The average Bonchev–Trinajstić information content (AvgIpc) is 2.52. The summed E-state index contributed by atoms with van der Waals surface area (Å²) in [6.07, 6.45) is 0.780. The van der Waals surface area contributed by atoms with Gasteiger partial charge in [-0.25, -0.2) is 0 Å². The molecule has 4 heteroatoms. The van der Waals surface area contributed by atoms with Gasteiger partial charge in [0, 0.05) is 10.6 Å². The summed E-state index contributed by atoms with van der Waals surface area (Å²) < 4.78 is 10.7. The molecule has 2 aromatic rings. The molecule has 20 heavy (non-hydrogen) atoms. The maximum Gasteiger partial charge on any atom is 0.153 e. The number of rotatable bonds is 7. The van der Waals surface area contributed by atoms with Crippen molar-refractivity contribution in [1.29, 1.82) is 0 Å². The Bertz CT molecular complexity index is 555. The molecule has 0 unspecified atom stereocenters. The second-order valence-corrected chi connectivity index (χ2v) is 5.20. The molecular formula is C16H16O3S. The molecule has 0 aliphatic carbocycles. The van der Waals surface area contributed by atoms with Crippen LogP contribution in [0.1, 0.15) is 10.4 Å². The normalized spacial score (nSPS) is 10.1. The fourth-order valence-corrected chi connectivity index (χ4v) is 2.46. The molecule has 0 saturated carbocycles. The summed E-state index contributed by atoms with van der Waals surface area (Å²) in [5.74, 6) is 2.07. The van der Waals surface area contributed by atoms with E-state index in [-0.39, 0.29) is 0 Å². The van der Waals surface area contributed by atoms with E-state index in [0.717, 1.165) is 12.0 Å². The highest BCUT2D eigenvalue weighted by Gasteiger charge is 2.05. The van der Waals surface area contributed by atoms with Crippen molar-refractivity contribution in [3.05, 3.63) is 54.1 Å². The van der Waals surface area contributed by atoms with Crippen LogP contribution in [0.5, 0.6) is 11.5 Å². The Balaban J connectivity index is 1.86. The number of carbonyl (C=O) groups is 1. The zero-order valence-corrected chi connectivity index (χ0v) is 12.1. The predicted octanol–water partition coefficient (Wildman–Crippen LogP) is 3.68. The lowest BCUT2D eigenvalue weighted by atomic mass is 10.2. The van der Waals surface area contributed by atoms with E-state index in [2.05, 4.69) is 12.1 Å². The molecule has 2 aromatic carbocycles. The van der Waals surface area contributed by atoms with E-state index < -0.39 is 0 Å². The largest absolute Gasteiger partial charge is 0.497 e. The van der Waals surface area contributed by atoms with E-state index in [0.29, 0.717) is 23.7 Å². The van der Waals surface area contributed by atoms with Crippen molar-refractivity contribution < 1.29 is 14.3 Å².